The summed E-state index contributed by atoms with van der Waals surface area (Å²) in [5, 5.41) is 5.56. The molecule has 1 atom stereocenters. The first-order chi connectivity index (χ1) is 11.5. The summed E-state index contributed by atoms with van der Waals surface area (Å²) < 4.78 is 13.7. The molecule has 3 N–H and O–H groups in total. The van der Waals surface area contributed by atoms with Crippen LogP contribution in [0.15, 0.2) is 29.1 Å². The highest BCUT2D eigenvalue weighted by Gasteiger charge is 2.26. The van der Waals surface area contributed by atoms with E-state index in [4.69, 9.17) is 0 Å². The molecule has 0 fully saturated rings. The van der Waals surface area contributed by atoms with Gasteiger partial charge in [-0.3, -0.25) is 4.79 Å². The average molecular weight is 329 g/mol. The predicted octanol–water partition coefficient (Wildman–Crippen LogP) is 2.62. The second-order valence-electron chi connectivity index (χ2n) is 6.17. The van der Waals surface area contributed by atoms with Gasteiger partial charge >= 0.3 is 6.03 Å². The van der Waals surface area contributed by atoms with Crippen molar-refractivity contribution in [1.29, 1.82) is 0 Å². The van der Waals surface area contributed by atoms with E-state index in [1.165, 1.54) is 6.07 Å². The van der Waals surface area contributed by atoms with E-state index in [0.717, 1.165) is 16.8 Å². The zero-order valence-electron chi connectivity index (χ0n) is 13.7. The third-order valence-electron chi connectivity index (χ3n) is 4.44. The lowest BCUT2D eigenvalue weighted by atomic mass is 10.1. The van der Waals surface area contributed by atoms with Gasteiger partial charge in [0.05, 0.1) is 12.6 Å². The molecule has 0 radical (unpaired) electrons. The van der Waals surface area contributed by atoms with Gasteiger partial charge in [-0.2, -0.15) is 0 Å². The Labute approximate surface area is 139 Å². The van der Waals surface area contributed by atoms with E-state index in [2.05, 4.69) is 15.6 Å². The van der Waals surface area contributed by atoms with Crippen LogP contribution in [0.3, 0.4) is 0 Å². The van der Waals surface area contributed by atoms with Gasteiger partial charge < -0.3 is 15.6 Å². The number of rotatable bonds is 3. The van der Waals surface area contributed by atoms with Crippen LogP contribution in [0.5, 0.6) is 0 Å². The monoisotopic (exact) mass is 329 g/mol. The maximum absolute atomic E-state index is 13.7. The molecule has 24 heavy (non-hydrogen) atoms. The number of urea groups is 1. The normalized spacial score (nSPS) is 15.9. The number of aromatic amines is 1. The van der Waals surface area contributed by atoms with Crippen LogP contribution in [0.25, 0.3) is 0 Å². The Morgan fingerprint density at radius 3 is 2.92 bits per heavy atom. The molecule has 3 rings (SSSR count). The minimum Gasteiger partial charge on any atom is -0.334 e. The lowest BCUT2D eigenvalue weighted by Crippen LogP contribution is -2.38. The van der Waals surface area contributed by atoms with Gasteiger partial charge in [0.2, 0.25) is 0 Å². The number of aromatic nitrogens is 1. The number of hydrogen-bond acceptors (Lipinski definition) is 2. The quantitative estimate of drug-likeness (QED) is 0.810. The molecule has 1 aromatic carbocycles. The maximum Gasteiger partial charge on any atom is 0.315 e. The lowest BCUT2D eigenvalue weighted by Gasteiger charge is -2.15. The molecule has 1 unspecified atom stereocenters. The summed E-state index contributed by atoms with van der Waals surface area (Å²) in [7, 11) is 0. The summed E-state index contributed by atoms with van der Waals surface area (Å²) in [5.74, 6) is -0.223. The van der Waals surface area contributed by atoms with E-state index >= 15 is 0 Å². The molecule has 0 bridgehead atoms. The highest BCUT2D eigenvalue weighted by atomic mass is 19.1. The molecule has 126 valence electrons. The van der Waals surface area contributed by atoms with Crippen molar-refractivity contribution in [2.24, 2.45) is 0 Å². The first kappa shape index (κ1) is 16.2. The van der Waals surface area contributed by atoms with E-state index in [-0.39, 0.29) is 30.0 Å². The lowest BCUT2D eigenvalue weighted by molar-refractivity contribution is 0.236. The Morgan fingerprint density at radius 2 is 2.17 bits per heavy atom. The molecule has 5 nitrogen and oxygen atoms in total. The highest BCUT2D eigenvalue weighted by molar-refractivity contribution is 5.74. The van der Waals surface area contributed by atoms with E-state index in [0.29, 0.717) is 24.0 Å². The van der Waals surface area contributed by atoms with Crippen molar-refractivity contribution in [2.45, 2.75) is 39.3 Å². The van der Waals surface area contributed by atoms with Crippen molar-refractivity contribution >= 4 is 6.03 Å². The second kappa shape index (κ2) is 6.47. The predicted molar refractivity (Wildman–Crippen MR) is 89.4 cm³/mol. The molecular formula is C18H20FN3O2. The van der Waals surface area contributed by atoms with Crippen LogP contribution in [0.4, 0.5) is 9.18 Å². The summed E-state index contributed by atoms with van der Waals surface area (Å²) in [4.78, 5) is 26.8. The average Bonchev–Trinajstić information content (AvgIpc) is 2.90. The summed E-state index contributed by atoms with van der Waals surface area (Å²) >= 11 is 0. The van der Waals surface area contributed by atoms with Crippen molar-refractivity contribution < 1.29 is 9.18 Å². The molecule has 1 aromatic heterocycles. The molecule has 0 saturated heterocycles. The summed E-state index contributed by atoms with van der Waals surface area (Å²) in [6, 6.07) is 6.23. The molecular weight excluding hydrogens is 309 g/mol. The van der Waals surface area contributed by atoms with Gasteiger partial charge in [-0.25, -0.2) is 9.18 Å². The number of aryl methyl sites for hydroxylation is 2. The summed E-state index contributed by atoms with van der Waals surface area (Å²) in [6.07, 6.45) is 1.29. The van der Waals surface area contributed by atoms with Crippen LogP contribution in [-0.2, 0) is 13.0 Å². The molecule has 1 aliphatic rings. The topological polar surface area (TPSA) is 74.0 Å². The van der Waals surface area contributed by atoms with Crippen LogP contribution < -0.4 is 16.2 Å². The van der Waals surface area contributed by atoms with Gasteiger partial charge in [0, 0.05) is 11.3 Å². The standard InChI is InChI=1S/C18H20FN3O2/c1-10-8-11(2)21-17(23)14(10)9-20-18(24)22-16-7-6-12-13(16)4-3-5-15(12)19/h3-5,8,16H,6-7,9H2,1-2H3,(H,21,23)(H2,20,22,24). The van der Waals surface area contributed by atoms with Crippen LogP contribution in [0, 0.1) is 19.7 Å². The van der Waals surface area contributed by atoms with E-state index in [1.54, 1.807) is 6.07 Å². The Balaban J connectivity index is 1.64. The van der Waals surface area contributed by atoms with Crippen molar-refractivity contribution in [3.8, 4) is 0 Å². The first-order valence-electron chi connectivity index (χ1n) is 7.96. The molecule has 0 aliphatic heterocycles. The summed E-state index contributed by atoms with van der Waals surface area (Å²) in [5.41, 5.74) is 3.47. The fourth-order valence-electron chi connectivity index (χ4n) is 3.24. The molecule has 0 spiro atoms. The van der Waals surface area contributed by atoms with Crippen LogP contribution in [-0.4, -0.2) is 11.0 Å². The highest BCUT2D eigenvalue weighted by Crippen LogP contribution is 2.32. The van der Waals surface area contributed by atoms with E-state index in [1.807, 2.05) is 26.0 Å². The van der Waals surface area contributed by atoms with Crippen LogP contribution in [0.2, 0.25) is 0 Å². The minimum absolute atomic E-state index is 0.149. The first-order valence-corrected chi connectivity index (χ1v) is 7.96. The Bertz CT molecular complexity index is 845. The molecule has 2 aromatic rings. The molecule has 2 amide bonds. The Morgan fingerprint density at radius 1 is 1.38 bits per heavy atom. The summed E-state index contributed by atoms with van der Waals surface area (Å²) in [6.45, 7) is 3.80. The molecule has 0 saturated carbocycles. The molecule has 6 heteroatoms. The number of hydrogen-bond donors (Lipinski definition) is 3. The third-order valence-corrected chi connectivity index (χ3v) is 4.44. The van der Waals surface area contributed by atoms with Crippen molar-refractivity contribution in [1.82, 2.24) is 15.6 Å². The Hall–Kier alpha value is -2.63. The fraction of sp³-hybridized carbons (Fsp3) is 0.333. The van der Waals surface area contributed by atoms with Crippen molar-refractivity contribution in [3.05, 3.63) is 68.4 Å². The van der Waals surface area contributed by atoms with Gasteiger partial charge in [0.15, 0.2) is 0 Å². The largest absolute Gasteiger partial charge is 0.334 e. The number of fused-ring (bicyclic) bond motifs is 1. The van der Waals surface area contributed by atoms with Crippen LogP contribution >= 0.6 is 0 Å². The van der Waals surface area contributed by atoms with Crippen molar-refractivity contribution in [2.75, 3.05) is 0 Å². The number of amides is 2. The molecule has 1 heterocycles. The molecule has 1 aliphatic carbocycles. The van der Waals surface area contributed by atoms with Crippen molar-refractivity contribution in [3.63, 3.8) is 0 Å². The van der Waals surface area contributed by atoms with Gasteiger partial charge in [0.25, 0.3) is 5.56 Å². The van der Waals surface area contributed by atoms with Gasteiger partial charge in [-0.05, 0) is 55.5 Å². The number of carbonyl (C=O) groups is 1. The maximum atomic E-state index is 13.7. The third kappa shape index (κ3) is 3.18. The second-order valence-corrected chi connectivity index (χ2v) is 6.17. The number of benzene rings is 1. The van der Waals surface area contributed by atoms with Crippen LogP contribution in [0.1, 0.15) is 40.4 Å². The minimum atomic E-state index is -0.364. The fourth-order valence-corrected chi connectivity index (χ4v) is 3.24. The van der Waals surface area contributed by atoms with E-state index < -0.39 is 0 Å². The number of nitrogens with one attached hydrogen (secondary N) is 3. The number of carbonyl (C=O) groups excluding carboxylic acids is 1. The number of H-pyrrole nitrogens is 1. The number of pyridine rings is 1. The van der Waals surface area contributed by atoms with Gasteiger partial charge in [0.1, 0.15) is 5.82 Å². The zero-order valence-corrected chi connectivity index (χ0v) is 13.7. The smallest absolute Gasteiger partial charge is 0.315 e. The number of halogens is 1. The van der Waals surface area contributed by atoms with Gasteiger partial charge in [-0.15, -0.1) is 0 Å². The van der Waals surface area contributed by atoms with Gasteiger partial charge in [-0.1, -0.05) is 12.1 Å². The SMILES string of the molecule is Cc1cc(C)c(CNC(=O)NC2CCc3c(F)cccc32)c(=O)[nH]1. The van der Waals surface area contributed by atoms with E-state index in [9.17, 15) is 14.0 Å². The zero-order chi connectivity index (χ0) is 17.3. The Kier molecular flexibility index (Phi) is 4.38.